The third-order valence-electron chi connectivity index (χ3n) is 9.90. The van der Waals surface area contributed by atoms with Crippen LogP contribution in [0.15, 0.2) is 18.2 Å². The molecular formula is C27H26F4O7. The first kappa shape index (κ1) is 25.5. The SMILES string of the molecule is C=C1C(=O)[C@@]23C(=O)O[C@H]4CCC(C)(C)[C@H]5[C@H](O)OC[C@@]45[C@@H]2CC[C@@H]1[C@H]3OC(=O)c1cc(F)c(F)c(F)c1F. The van der Waals surface area contributed by atoms with Gasteiger partial charge in [-0.15, -0.1) is 0 Å². The summed E-state index contributed by atoms with van der Waals surface area (Å²) < 4.78 is 72.9. The van der Waals surface area contributed by atoms with Crippen molar-refractivity contribution in [3.8, 4) is 0 Å². The topological polar surface area (TPSA) is 99.1 Å². The first-order valence-electron chi connectivity index (χ1n) is 12.6. The number of hydrogen-bond acceptors (Lipinski definition) is 7. The van der Waals surface area contributed by atoms with E-state index in [1.165, 1.54) is 0 Å². The van der Waals surface area contributed by atoms with Crippen molar-refractivity contribution in [1.29, 1.82) is 0 Å². The summed E-state index contributed by atoms with van der Waals surface area (Å²) >= 11 is 0. The molecule has 1 aromatic rings. The summed E-state index contributed by atoms with van der Waals surface area (Å²) in [6.07, 6.45) is -1.64. The number of esters is 2. The second-order valence-electron chi connectivity index (χ2n) is 11.8. The fourth-order valence-electron chi connectivity index (χ4n) is 8.39. The van der Waals surface area contributed by atoms with Crippen LogP contribution in [-0.4, -0.2) is 47.9 Å². The Labute approximate surface area is 215 Å². The Morgan fingerprint density at radius 1 is 1.11 bits per heavy atom. The Balaban J connectivity index is 1.48. The highest BCUT2D eigenvalue weighted by Gasteiger charge is 2.81. The molecule has 204 valence electrons. The van der Waals surface area contributed by atoms with Crippen molar-refractivity contribution < 1.29 is 51.3 Å². The van der Waals surface area contributed by atoms with E-state index in [0.29, 0.717) is 19.3 Å². The summed E-state index contributed by atoms with van der Waals surface area (Å²) in [6.45, 7) is 7.78. The molecule has 2 aliphatic heterocycles. The van der Waals surface area contributed by atoms with Crippen molar-refractivity contribution in [2.45, 2.75) is 58.0 Å². The molecule has 0 amide bonds. The van der Waals surface area contributed by atoms with Crippen LogP contribution in [0.1, 0.15) is 49.9 Å². The Bertz CT molecular complexity index is 1310. The molecule has 38 heavy (non-hydrogen) atoms. The van der Waals surface area contributed by atoms with Crippen LogP contribution in [0.3, 0.4) is 0 Å². The van der Waals surface area contributed by atoms with Crippen molar-refractivity contribution in [2.75, 3.05) is 6.61 Å². The molecule has 0 unspecified atom stereocenters. The van der Waals surface area contributed by atoms with Crippen LogP contribution >= 0.6 is 0 Å². The number of fused-ring (bicyclic) bond motifs is 1. The number of ketones is 1. The zero-order chi connectivity index (χ0) is 27.5. The van der Waals surface area contributed by atoms with Gasteiger partial charge in [0.1, 0.15) is 17.8 Å². The normalized spacial score (nSPS) is 40.8. The van der Waals surface area contributed by atoms with Crippen LogP contribution in [-0.2, 0) is 23.8 Å². The second kappa shape index (κ2) is 7.88. The predicted octanol–water partition coefficient (Wildman–Crippen LogP) is 3.62. The predicted molar refractivity (Wildman–Crippen MR) is 119 cm³/mol. The minimum Gasteiger partial charge on any atom is -0.461 e. The molecule has 3 aliphatic carbocycles. The lowest BCUT2D eigenvalue weighted by molar-refractivity contribution is -0.249. The minimum atomic E-state index is -2.19. The van der Waals surface area contributed by atoms with Gasteiger partial charge in [-0.05, 0) is 48.7 Å². The molecule has 2 bridgehead atoms. The van der Waals surface area contributed by atoms with E-state index >= 15 is 0 Å². The fourth-order valence-corrected chi connectivity index (χ4v) is 8.39. The maximum absolute atomic E-state index is 14.4. The summed E-state index contributed by atoms with van der Waals surface area (Å²) in [4.78, 5) is 40.7. The van der Waals surface area contributed by atoms with Gasteiger partial charge in [-0.3, -0.25) is 9.59 Å². The van der Waals surface area contributed by atoms with Gasteiger partial charge in [0.15, 0.2) is 40.8 Å². The number of halogens is 4. The van der Waals surface area contributed by atoms with Crippen LogP contribution in [0, 0.1) is 57.3 Å². The summed E-state index contributed by atoms with van der Waals surface area (Å²) in [5, 5.41) is 10.9. The van der Waals surface area contributed by atoms with Crippen LogP contribution in [0.2, 0.25) is 0 Å². The molecule has 6 rings (SSSR count). The van der Waals surface area contributed by atoms with E-state index in [1.54, 1.807) is 0 Å². The van der Waals surface area contributed by atoms with Gasteiger partial charge in [-0.25, -0.2) is 22.4 Å². The molecule has 1 N–H and O–H groups in total. The number of Topliss-reactive ketones (excluding diaryl/α,β-unsaturated/α-hetero) is 1. The molecule has 2 heterocycles. The van der Waals surface area contributed by atoms with Crippen molar-refractivity contribution >= 4 is 17.7 Å². The summed E-state index contributed by atoms with van der Waals surface area (Å²) in [5.41, 5.74) is -4.68. The monoisotopic (exact) mass is 538 g/mol. The largest absolute Gasteiger partial charge is 0.461 e. The average molecular weight is 538 g/mol. The standard InChI is InChI=1S/C27H26F4O7/c1-10-11-4-5-14-26-9-36-23(34)19(26)25(2,3)7-6-15(26)37-24(35)27(14,20(10)32)21(11)38-22(33)12-8-13(28)17(30)18(31)16(12)29/h8,11,14-15,19,21,23,34H,1,4-7,9H2,2-3H3/t11-,14-,15-,19+,21+,23+,26+,27-/m0/s1. The fraction of sp³-hybridized carbons (Fsp3) is 0.593. The molecule has 11 heteroatoms. The number of carbonyl (C=O) groups excluding carboxylic acids is 3. The molecule has 8 atom stereocenters. The molecule has 5 aliphatic rings. The van der Waals surface area contributed by atoms with Gasteiger partial charge in [-0.1, -0.05) is 20.4 Å². The van der Waals surface area contributed by atoms with Gasteiger partial charge in [0.05, 0.1) is 6.61 Å². The third kappa shape index (κ3) is 2.84. The lowest BCUT2D eigenvalue weighted by Crippen LogP contribution is -2.71. The van der Waals surface area contributed by atoms with Crippen LogP contribution in [0.4, 0.5) is 17.6 Å². The number of carbonyl (C=O) groups is 3. The van der Waals surface area contributed by atoms with Crippen LogP contribution < -0.4 is 0 Å². The molecule has 2 spiro atoms. The first-order valence-corrected chi connectivity index (χ1v) is 12.6. The Morgan fingerprint density at radius 2 is 1.82 bits per heavy atom. The molecule has 0 aromatic heterocycles. The number of benzene rings is 1. The average Bonchev–Trinajstić information content (AvgIpc) is 3.28. The zero-order valence-electron chi connectivity index (χ0n) is 20.7. The van der Waals surface area contributed by atoms with Gasteiger partial charge in [0, 0.05) is 17.3 Å². The van der Waals surface area contributed by atoms with E-state index in [0.717, 1.165) is 0 Å². The maximum Gasteiger partial charge on any atom is 0.341 e. The molecule has 1 aromatic carbocycles. The highest BCUT2D eigenvalue weighted by molar-refractivity contribution is 6.16. The highest BCUT2D eigenvalue weighted by Crippen LogP contribution is 2.71. The first-order chi connectivity index (χ1) is 17.8. The highest BCUT2D eigenvalue weighted by atomic mass is 19.2. The number of aliphatic hydroxyl groups excluding tert-OH is 1. The summed E-state index contributed by atoms with van der Waals surface area (Å²) in [6, 6.07) is 0.168. The Morgan fingerprint density at radius 3 is 2.53 bits per heavy atom. The third-order valence-corrected chi connectivity index (χ3v) is 9.90. The molecular weight excluding hydrogens is 512 g/mol. The Hall–Kier alpha value is -2.79. The van der Waals surface area contributed by atoms with E-state index in [2.05, 4.69) is 6.58 Å². The van der Waals surface area contributed by atoms with E-state index in [4.69, 9.17) is 14.2 Å². The van der Waals surface area contributed by atoms with E-state index in [-0.39, 0.29) is 24.7 Å². The van der Waals surface area contributed by atoms with Crippen molar-refractivity contribution in [1.82, 2.24) is 0 Å². The van der Waals surface area contributed by atoms with E-state index in [1.807, 2.05) is 13.8 Å². The number of hydrogen-bond donors (Lipinski definition) is 1. The maximum atomic E-state index is 14.4. The second-order valence-corrected chi connectivity index (χ2v) is 11.8. The van der Waals surface area contributed by atoms with Crippen molar-refractivity contribution in [3.05, 3.63) is 47.1 Å². The zero-order valence-corrected chi connectivity index (χ0v) is 20.7. The molecule has 3 saturated carbocycles. The van der Waals surface area contributed by atoms with Crippen molar-refractivity contribution in [3.63, 3.8) is 0 Å². The molecule has 7 nitrogen and oxygen atoms in total. The molecule has 0 radical (unpaired) electrons. The minimum absolute atomic E-state index is 0.000723. The molecule has 5 fully saturated rings. The van der Waals surface area contributed by atoms with Gasteiger partial charge >= 0.3 is 11.9 Å². The number of ether oxygens (including phenoxy) is 3. The van der Waals surface area contributed by atoms with Crippen LogP contribution in [0.5, 0.6) is 0 Å². The Kier molecular flexibility index (Phi) is 5.28. The van der Waals surface area contributed by atoms with Crippen molar-refractivity contribution in [2.24, 2.45) is 34.0 Å². The van der Waals surface area contributed by atoms with Gasteiger partial charge in [0.25, 0.3) is 0 Å². The van der Waals surface area contributed by atoms with Gasteiger partial charge in [0.2, 0.25) is 0 Å². The lowest BCUT2D eigenvalue weighted by atomic mass is 9.43. The van der Waals surface area contributed by atoms with Gasteiger partial charge < -0.3 is 19.3 Å². The smallest absolute Gasteiger partial charge is 0.341 e. The lowest BCUT2D eigenvalue weighted by Gasteiger charge is -2.62. The summed E-state index contributed by atoms with van der Waals surface area (Å²) in [5.74, 6) is -13.3. The summed E-state index contributed by atoms with van der Waals surface area (Å²) in [7, 11) is 0. The number of aliphatic hydroxyl groups is 1. The van der Waals surface area contributed by atoms with Gasteiger partial charge in [-0.2, -0.15) is 0 Å². The number of rotatable bonds is 2. The molecule has 2 saturated heterocycles. The van der Waals surface area contributed by atoms with E-state index < -0.39 is 99.1 Å². The van der Waals surface area contributed by atoms with E-state index in [9.17, 15) is 37.1 Å². The van der Waals surface area contributed by atoms with Crippen LogP contribution in [0.25, 0.3) is 0 Å². The quantitative estimate of drug-likeness (QED) is 0.153.